The van der Waals surface area contributed by atoms with Crippen LogP contribution in [-0.4, -0.2) is 52.5 Å². The van der Waals surface area contributed by atoms with E-state index < -0.39 is 29.6 Å². The van der Waals surface area contributed by atoms with Gasteiger partial charge in [-0.25, -0.2) is 0 Å². The number of amides is 3. The lowest BCUT2D eigenvalue weighted by atomic mass is 9.73. The number of hydrogen-bond donors (Lipinski definition) is 2. The van der Waals surface area contributed by atoms with E-state index in [9.17, 15) is 14.4 Å². The lowest BCUT2D eigenvalue weighted by molar-refractivity contribution is -0.142. The molecule has 2 bridgehead atoms. The van der Waals surface area contributed by atoms with Crippen molar-refractivity contribution in [2.75, 3.05) is 5.32 Å². The van der Waals surface area contributed by atoms with Crippen LogP contribution in [0.3, 0.4) is 0 Å². The Bertz CT molecular complexity index is 1140. The largest absolute Gasteiger partial charge is 0.359 e. The quantitative estimate of drug-likeness (QED) is 0.618. The number of hydrogen-bond acceptors (Lipinski definition) is 4. The van der Waals surface area contributed by atoms with E-state index in [4.69, 9.17) is 4.74 Å². The highest BCUT2D eigenvalue weighted by molar-refractivity contribution is 6.03. The van der Waals surface area contributed by atoms with Crippen LogP contribution in [0.1, 0.15) is 57.1 Å². The third-order valence-electron chi connectivity index (χ3n) is 9.61. The first-order valence-corrected chi connectivity index (χ1v) is 13.6. The summed E-state index contributed by atoms with van der Waals surface area (Å²) in [4.78, 5) is 43.1. The summed E-state index contributed by atoms with van der Waals surface area (Å²) in [5, 5.41) is 6.34. The summed E-state index contributed by atoms with van der Waals surface area (Å²) in [6.07, 6.45) is 8.30. The molecule has 3 heterocycles. The second kappa shape index (κ2) is 8.44. The first kappa shape index (κ1) is 23.7. The fourth-order valence-electron chi connectivity index (χ4n) is 7.04. The highest BCUT2D eigenvalue weighted by Crippen LogP contribution is 2.57. The maximum atomic E-state index is 13.9. The van der Waals surface area contributed by atoms with Crippen molar-refractivity contribution in [2.24, 2.45) is 23.7 Å². The van der Waals surface area contributed by atoms with Gasteiger partial charge >= 0.3 is 0 Å². The van der Waals surface area contributed by atoms with Crippen LogP contribution in [-0.2, 0) is 19.1 Å². The number of carbonyl (C=O) groups excluding carboxylic acids is 3. The van der Waals surface area contributed by atoms with Crippen LogP contribution in [0.2, 0.25) is 0 Å². The molecule has 4 fully saturated rings. The van der Waals surface area contributed by atoms with Gasteiger partial charge in [0, 0.05) is 17.8 Å². The zero-order chi connectivity index (χ0) is 25.4. The number of ether oxygens (including phenoxy) is 1. The van der Waals surface area contributed by atoms with Crippen molar-refractivity contribution in [3.8, 4) is 0 Å². The Balaban J connectivity index is 1.28. The van der Waals surface area contributed by atoms with Crippen molar-refractivity contribution in [1.29, 1.82) is 0 Å². The smallest absolute Gasteiger partial charge is 0.246 e. The molecule has 1 spiro atoms. The van der Waals surface area contributed by atoms with Gasteiger partial charge in [0.1, 0.15) is 11.6 Å². The number of benzene rings is 1. The number of fused-ring (bicyclic) bond motifs is 1. The van der Waals surface area contributed by atoms with Crippen LogP contribution in [0.15, 0.2) is 30.4 Å². The molecule has 1 aromatic rings. The Kier molecular flexibility index (Phi) is 5.56. The van der Waals surface area contributed by atoms with Crippen LogP contribution in [0, 0.1) is 37.5 Å². The van der Waals surface area contributed by atoms with E-state index in [1.165, 1.54) is 6.42 Å². The van der Waals surface area contributed by atoms with Crippen molar-refractivity contribution < 1.29 is 19.1 Å². The predicted octanol–water partition coefficient (Wildman–Crippen LogP) is 3.50. The van der Waals surface area contributed by atoms with Gasteiger partial charge < -0.3 is 20.3 Å². The molecule has 7 heteroatoms. The second-order valence-electron chi connectivity index (χ2n) is 11.8. The molecule has 2 saturated heterocycles. The maximum absolute atomic E-state index is 13.9. The van der Waals surface area contributed by atoms with Crippen LogP contribution >= 0.6 is 0 Å². The zero-order valence-corrected chi connectivity index (χ0v) is 21.6. The molecule has 8 unspecified atom stereocenters. The highest BCUT2D eigenvalue weighted by Gasteiger charge is 2.74. The summed E-state index contributed by atoms with van der Waals surface area (Å²) in [6, 6.07) is 5.23. The van der Waals surface area contributed by atoms with Crippen LogP contribution in [0.4, 0.5) is 5.69 Å². The molecule has 7 nitrogen and oxygen atoms in total. The molecule has 1 aromatic carbocycles. The van der Waals surface area contributed by atoms with E-state index in [2.05, 4.69) is 24.5 Å². The Morgan fingerprint density at radius 2 is 1.83 bits per heavy atom. The Hall–Kier alpha value is -2.67. The molecule has 0 radical (unpaired) electrons. The lowest BCUT2D eigenvalue weighted by Crippen LogP contribution is -2.58. The molecule has 192 valence electrons. The number of carbonyl (C=O) groups is 3. The first-order chi connectivity index (χ1) is 17.2. The lowest BCUT2D eigenvalue weighted by Gasteiger charge is -2.38. The van der Waals surface area contributed by atoms with E-state index in [0.29, 0.717) is 17.5 Å². The summed E-state index contributed by atoms with van der Waals surface area (Å²) in [5.41, 5.74) is 1.87. The molecular formula is C29H37N3O4. The molecule has 2 N–H and O–H groups in total. The van der Waals surface area contributed by atoms with E-state index in [-0.39, 0.29) is 29.8 Å². The molecule has 36 heavy (non-hydrogen) atoms. The minimum Gasteiger partial charge on any atom is -0.359 e. The van der Waals surface area contributed by atoms with E-state index in [0.717, 1.165) is 36.8 Å². The number of aryl methyl sites for hydroxylation is 2. The number of rotatable bonds is 5. The van der Waals surface area contributed by atoms with Gasteiger partial charge in [-0.15, -0.1) is 0 Å². The van der Waals surface area contributed by atoms with Crippen molar-refractivity contribution in [3.63, 3.8) is 0 Å². The summed E-state index contributed by atoms with van der Waals surface area (Å²) in [5.74, 6) is -0.875. The molecule has 5 aliphatic rings. The average Bonchev–Trinajstić information content (AvgIpc) is 3.43. The summed E-state index contributed by atoms with van der Waals surface area (Å²) in [6.45, 7) is 8.49. The standard InChI is InChI=1S/C29H37N3O4/c1-15-8-9-19(14-17(15)3)30-26(33)23-22-12-13-29(36-22)24(23)28(35)32(20-10-11-20)25(29)27(34)31-21-7-5-6-16(2)18(21)4/h8-9,12-14,16,18,20-25H,5-7,10-11H2,1-4H3,(H,30,33)(H,31,34). The third-order valence-corrected chi connectivity index (χ3v) is 9.61. The minimum absolute atomic E-state index is 0.0513. The van der Waals surface area contributed by atoms with Gasteiger partial charge in [0.25, 0.3) is 0 Å². The molecule has 6 rings (SSSR count). The van der Waals surface area contributed by atoms with Gasteiger partial charge in [0.05, 0.1) is 17.9 Å². The number of nitrogens with one attached hydrogen (secondary N) is 2. The number of nitrogens with zero attached hydrogens (tertiary/aromatic N) is 1. The maximum Gasteiger partial charge on any atom is 0.246 e. The molecule has 2 aliphatic carbocycles. The van der Waals surface area contributed by atoms with Crippen LogP contribution in [0.25, 0.3) is 0 Å². The van der Waals surface area contributed by atoms with Gasteiger partial charge in [-0.3, -0.25) is 14.4 Å². The van der Waals surface area contributed by atoms with E-state index in [1.54, 1.807) is 4.90 Å². The van der Waals surface area contributed by atoms with Crippen LogP contribution in [0.5, 0.6) is 0 Å². The number of anilines is 1. The van der Waals surface area contributed by atoms with Crippen molar-refractivity contribution >= 4 is 23.4 Å². The van der Waals surface area contributed by atoms with Crippen molar-refractivity contribution in [2.45, 2.75) is 89.6 Å². The SMILES string of the molecule is Cc1ccc(NC(=O)C2C3C=CC4(O3)C2C(=O)N(C2CC2)C4C(=O)NC2CCCC(C)C2C)cc1C. The molecule has 3 aliphatic heterocycles. The molecule has 8 atom stereocenters. The highest BCUT2D eigenvalue weighted by atomic mass is 16.5. The monoisotopic (exact) mass is 491 g/mol. The molecular weight excluding hydrogens is 454 g/mol. The minimum atomic E-state index is -1.08. The van der Waals surface area contributed by atoms with E-state index in [1.807, 2.05) is 44.2 Å². The van der Waals surface area contributed by atoms with Crippen molar-refractivity contribution in [1.82, 2.24) is 10.2 Å². The summed E-state index contributed by atoms with van der Waals surface area (Å²) < 4.78 is 6.45. The van der Waals surface area contributed by atoms with Gasteiger partial charge in [-0.2, -0.15) is 0 Å². The third kappa shape index (κ3) is 3.53. The normalized spacial score (nSPS) is 38.8. The molecule has 0 aromatic heterocycles. The Morgan fingerprint density at radius 3 is 2.56 bits per heavy atom. The summed E-state index contributed by atoms with van der Waals surface area (Å²) in [7, 11) is 0. The van der Waals surface area contributed by atoms with Gasteiger partial charge in [-0.1, -0.05) is 44.9 Å². The fourth-order valence-corrected chi connectivity index (χ4v) is 7.04. The molecule has 3 amide bonds. The Labute approximate surface area is 213 Å². The van der Waals surface area contributed by atoms with Gasteiger partial charge in [-0.05, 0) is 68.2 Å². The van der Waals surface area contributed by atoms with Crippen LogP contribution < -0.4 is 10.6 Å². The average molecular weight is 492 g/mol. The number of likely N-dealkylation sites (tertiary alicyclic amines) is 1. The van der Waals surface area contributed by atoms with E-state index >= 15 is 0 Å². The topological polar surface area (TPSA) is 87.7 Å². The van der Waals surface area contributed by atoms with Gasteiger partial charge in [0.2, 0.25) is 17.7 Å². The Morgan fingerprint density at radius 1 is 1.06 bits per heavy atom. The predicted molar refractivity (Wildman–Crippen MR) is 136 cm³/mol. The zero-order valence-electron chi connectivity index (χ0n) is 21.6. The van der Waals surface area contributed by atoms with Gasteiger partial charge in [0.15, 0.2) is 0 Å². The first-order valence-electron chi connectivity index (χ1n) is 13.6. The summed E-state index contributed by atoms with van der Waals surface area (Å²) >= 11 is 0. The molecule has 2 saturated carbocycles. The second-order valence-corrected chi connectivity index (χ2v) is 11.8. The van der Waals surface area contributed by atoms with Crippen molar-refractivity contribution in [3.05, 3.63) is 41.5 Å². The fraction of sp³-hybridized carbons (Fsp3) is 0.621.